The van der Waals surface area contributed by atoms with E-state index in [9.17, 15) is 9.18 Å². The van der Waals surface area contributed by atoms with Crippen LogP contribution in [0.1, 0.15) is 18.5 Å². The molecule has 0 aliphatic heterocycles. The van der Waals surface area contributed by atoms with Crippen LogP contribution in [0, 0.1) is 5.82 Å². The Kier molecular flexibility index (Phi) is 2.52. The number of benzene rings is 1. The SMILES string of the molecule is CC(N)c1cc2cccc(F)c2n(C)c1=O. The first-order chi connectivity index (χ1) is 7.52. The van der Waals surface area contributed by atoms with Crippen molar-refractivity contribution in [1.29, 1.82) is 0 Å². The molecule has 3 nitrogen and oxygen atoms in total. The molecule has 0 spiro atoms. The summed E-state index contributed by atoms with van der Waals surface area (Å²) in [6.07, 6.45) is 0. The van der Waals surface area contributed by atoms with Crippen molar-refractivity contribution in [2.75, 3.05) is 0 Å². The largest absolute Gasteiger partial charge is 0.324 e. The lowest BCUT2D eigenvalue weighted by Crippen LogP contribution is -2.25. The van der Waals surface area contributed by atoms with Crippen molar-refractivity contribution in [2.24, 2.45) is 12.8 Å². The molecule has 0 aliphatic rings. The number of nitrogens with two attached hydrogens (primary N) is 1. The monoisotopic (exact) mass is 220 g/mol. The Hall–Kier alpha value is -1.68. The summed E-state index contributed by atoms with van der Waals surface area (Å²) in [4.78, 5) is 11.9. The molecule has 0 radical (unpaired) electrons. The highest BCUT2D eigenvalue weighted by molar-refractivity contribution is 5.80. The van der Waals surface area contributed by atoms with Crippen LogP contribution in [0.5, 0.6) is 0 Å². The van der Waals surface area contributed by atoms with Gasteiger partial charge in [0.1, 0.15) is 5.82 Å². The Morgan fingerprint density at radius 1 is 1.44 bits per heavy atom. The zero-order valence-corrected chi connectivity index (χ0v) is 9.20. The number of rotatable bonds is 1. The third-order valence-corrected chi connectivity index (χ3v) is 2.71. The lowest BCUT2D eigenvalue weighted by atomic mass is 10.1. The summed E-state index contributed by atoms with van der Waals surface area (Å²) < 4.78 is 14.9. The van der Waals surface area contributed by atoms with Crippen molar-refractivity contribution in [2.45, 2.75) is 13.0 Å². The fourth-order valence-corrected chi connectivity index (χ4v) is 1.85. The molecule has 1 heterocycles. The number of pyridine rings is 1. The minimum Gasteiger partial charge on any atom is -0.324 e. The van der Waals surface area contributed by atoms with Crippen molar-refractivity contribution >= 4 is 10.9 Å². The highest BCUT2D eigenvalue weighted by Crippen LogP contribution is 2.18. The van der Waals surface area contributed by atoms with Gasteiger partial charge in [-0.15, -0.1) is 0 Å². The van der Waals surface area contributed by atoms with E-state index in [4.69, 9.17) is 5.73 Å². The molecule has 0 fully saturated rings. The fourth-order valence-electron chi connectivity index (χ4n) is 1.85. The lowest BCUT2D eigenvalue weighted by molar-refractivity contribution is 0.628. The minimum absolute atomic E-state index is 0.243. The standard InChI is InChI=1S/C12H13FN2O/c1-7(14)9-6-8-4-3-5-10(13)11(8)15(2)12(9)16/h3-7H,14H2,1-2H3. The quantitative estimate of drug-likeness (QED) is 0.795. The van der Waals surface area contributed by atoms with Crippen LogP contribution in [0.15, 0.2) is 29.1 Å². The molecule has 4 heteroatoms. The van der Waals surface area contributed by atoms with Crippen molar-refractivity contribution in [3.8, 4) is 0 Å². The van der Waals surface area contributed by atoms with E-state index in [0.29, 0.717) is 16.5 Å². The average molecular weight is 220 g/mol. The predicted molar refractivity (Wildman–Crippen MR) is 61.7 cm³/mol. The Morgan fingerprint density at radius 3 is 2.75 bits per heavy atom. The van der Waals surface area contributed by atoms with Gasteiger partial charge >= 0.3 is 0 Å². The van der Waals surface area contributed by atoms with Crippen LogP contribution in [0.3, 0.4) is 0 Å². The molecule has 0 aliphatic carbocycles. The third kappa shape index (κ3) is 1.51. The van der Waals surface area contributed by atoms with E-state index in [0.717, 1.165) is 0 Å². The van der Waals surface area contributed by atoms with Gasteiger partial charge in [0, 0.05) is 24.0 Å². The fraction of sp³-hybridized carbons (Fsp3) is 0.250. The third-order valence-electron chi connectivity index (χ3n) is 2.71. The molecular formula is C12H13FN2O. The Bertz CT molecular complexity index is 602. The highest BCUT2D eigenvalue weighted by Gasteiger charge is 2.12. The first-order valence-corrected chi connectivity index (χ1v) is 5.06. The topological polar surface area (TPSA) is 48.0 Å². The average Bonchev–Trinajstić information content (AvgIpc) is 2.22. The lowest BCUT2D eigenvalue weighted by Gasteiger charge is -2.11. The van der Waals surface area contributed by atoms with Gasteiger partial charge in [0.2, 0.25) is 0 Å². The van der Waals surface area contributed by atoms with Gasteiger partial charge < -0.3 is 10.3 Å². The summed E-state index contributed by atoms with van der Waals surface area (Å²) in [7, 11) is 1.56. The van der Waals surface area contributed by atoms with Crippen LogP contribution in [0.25, 0.3) is 10.9 Å². The Morgan fingerprint density at radius 2 is 2.12 bits per heavy atom. The summed E-state index contributed by atoms with van der Waals surface area (Å²) in [5.74, 6) is -0.395. The van der Waals surface area contributed by atoms with Crippen molar-refractivity contribution in [3.63, 3.8) is 0 Å². The van der Waals surface area contributed by atoms with Crippen molar-refractivity contribution in [3.05, 3.63) is 46.0 Å². The van der Waals surface area contributed by atoms with Crippen LogP contribution < -0.4 is 11.3 Å². The number of aryl methyl sites for hydroxylation is 1. The maximum atomic E-state index is 13.6. The Balaban J connectivity index is 2.94. The van der Waals surface area contributed by atoms with Gasteiger partial charge in [0.15, 0.2) is 0 Å². The van der Waals surface area contributed by atoms with Gasteiger partial charge in [-0.05, 0) is 19.1 Å². The van der Waals surface area contributed by atoms with Crippen molar-refractivity contribution < 1.29 is 4.39 Å². The van der Waals surface area contributed by atoms with E-state index in [-0.39, 0.29) is 11.6 Å². The van der Waals surface area contributed by atoms with Crippen LogP contribution in [0.4, 0.5) is 4.39 Å². The minimum atomic E-state index is -0.395. The van der Waals surface area contributed by atoms with E-state index < -0.39 is 5.82 Å². The molecule has 84 valence electrons. The van der Waals surface area contributed by atoms with Gasteiger partial charge in [0.05, 0.1) is 5.52 Å². The van der Waals surface area contributed by atoms with Gasteiger partial charge in [0.25, 0.3) is 5.56 Å². The molecule has 1 aromatic heterocycles. The smallest absolute Gasteiger partial charge is 0.255 e. The van der Waals surface area contributed by atoms with E-state index in [2.05, 4.69) is 0 Å². The summed E-state index contributed by atoms with van der Waals surface area (Å²) in [6, 6.07) is 6.03. The molecule has 1 atom stereocenters. The summed E-state index contributed by atoms with van der Waals surface area (Å²) >= 11 is 0. The second-order valence-electron chi connectivity index (χ2n) is 3.93. The van der Waals surface area contributed by atoms with Crippen LogP contribution >= 0.6 is 0 Å². The van der Waals surface area contributed by atoms with Crippen molar-refractivity contribution in [1.82, 2.24) is 4.57 Å². The second kappa shape index (κ2) is 3.72. The van der Waals surface area contributed by atoms with Gasteiger partial charge in [-0.2, -0.15) is 0 Å². The molecule has 2 rings (SSSR count). The number of nitrogens with zero attached hydrogens (tertiary/aromatic N) is 1. The number of hydrogen-bond acceptors (Lipinski definition) is 2. The second-order valence-corrected chi connectivity index (χ2v) is 3.93. The molecule has 16 heavy (non-hydrogen) atoms. The van der Waals surface area contributed by atoms with E-state index in [1.807, 2.05) is 0 Å². The van der Waals surface area contributed by atoms with Gasteiger partial charge in [-0.1, -0.05) is 12.1 Å². The van der Waals surface area contributed by atoms with Crippen LogP contribution in [-0.4, -0.2) is 4.57 Å². The van der Waals surface area contributed by atoms with Crippen LogP contribution in [-0.2, 0) is 7.05 Å². The number of halogens is 1. The summed E-state index contributed by atoms with van der Waals surface area (Å²) in [5, 5.41) is 0.689. The van der Waals surface area contributed by atoms with Gasteiger partial charge in [-0.25, -0.2) is 4.39 Å². The first kappa shape index (κ1) is 10.8. The van der Waals surface area contributed by atoms with E-state index >= 15 is 0 Å². The molecule has 0 bridgehead atoms. The number of para-hydroxylation sites is 1. The summed E-state index contributed by atoms with van der Waals surface area (Å²) in [6.45, 7) is 1.74. The number of hydrogen-bond donors (Lipinski definition) is 1. The predicted octanol–water partition coefficient (Wildman–Crippen LogP) is 1.70. The maximum Gasteiger partial charge on any atom is 0.255 e. The molecule has 2 aromatic rings. The molecule has 1 unspecified atom stereocenters. The molecule has 0 saturated carbocycles. The normalized spacial score (nSPS) is 13.0. The molecule has 2 N–H and O–H groups in total. The molecule has 1 aromatic carbocycles. The molecule has 0 saturated heterocycles. The van der Waals surface area contributed by atoms with Gasteiger partial charge in [-0.3, -0.25) is 4.79 Å². The maximum absolute atomic E-state index is 13.6. The molecule has 0 amide bonds. The van der Waals surface area contributed by atoms with E-state index in [1.165, 1.54) is 10.6 Å². The summed E-state index contributed by atoms with van der Waals surface area (Å²) in [5.41, 5.74) is 6.28. The Labute approximate surface area is 92.3 Å². The molecular weight excluding hydrogens is 207 g/mol. The highest BCUT2D eigenvalue weighted by atomic mass is 19.1. The van der Waals surface area contributed by atoms with Crippen LogP contribution in [0.2, 0.25) is 0 Å². The first-order valence-electron chi connectivity index (χ1n) is 5.06. The number of fused-ring (bicyclic) bond motifs is 1. The number of aromatic nitrogens is 1. The zero-order valence-electron chi connectivity index (χ0n) is 9.20. The van der Waals surface area contributed by atoms with E-state index in [1.54, 1.807) is 32.2 Å². The zero-order chi connectivity index (χ0) is 11.9.